The van der Waals surface area contributed by atoms with E-state index in [1.165, 1.54) is 5.56 Å². The quantitative estimate of drug-likeness (QED) is 0.533. The fraction of sp³-hybridized carbons (Fsp3) is 0.440. The Labute approximate surface area is 190 Å². The third-order valence-corrected chi connectivity index (χ3v) is 5.39. The SMILES string of the molecule is COc1ccc(NC(=NCCN2CCOCC2)NC(=O)c2ccc(C(C)(C)C)cc2)cc1. The number of methoxy groups -OCH3 is 1. The second-order valence-corrected chi connectivity index (χ2v) is 8.82. The largest absolute Gasteiger partial charge is 0.497 e. The van der Waals surface area contributed by atoms with Gasteiger partial charge in [0.05, 0.1) is 26.9 Å². The van der Waals surface area contributed by atoms with E-state index in [-0.39, 0.29) is 11.3 Å². The number of carbonyl (C=O) groups excluding carboxylic acids is 1. The molecule has 1 aliphatic rings. The fourth-order valence-corrected chi connectivity index (χ4v) is 3.35. The Morgan fingerprint density at radius 3 is 2.31 bits per heavy atom. The Kier molecular flexibility index (Phi) is 8.25. The summed E-state index contributed by atoms with van der Waals surface area (Å²) in [6, 6.07) is 15.2. The summed E-state index contributed by atoms with van der Waals surface area (Å²) < 4.78 is 10.6. The Bertz CT molecular complexity index is 896. The van der Waals surface area contributed by atoms with E-state index in [0.717, 1.165) is 44.3 Å². The molecule has 0 aromatic heterocycles. The van der Waals surface area contributed by atoms with E-state index < -0.39 is 0 Å². The highest BCUT2D eigenvalue weighted by Gasteiger charge is 2.15. The van der Waals surface area contributed by atoms with Crippen LogP contribution in [0.2, 0.25) is 0 Å². The van der Waals surface area contributed by atoms with Crippen LogP contribution < -0.4 is 15.4 Å². The summed E-state index contributed by atoms with van der Waals surface area (Å²) in [4.78, 5) is 19.8. The molecule has 0 radical (unpaired) electrons. The van der Waals surface area contributed by atoms with Gasteiger partial charge in [-0.1, -0.05) is 32.9 Å². The minimum Gasteiger partial charge on any atom is -0.497 e. The number of hydrogen-bond donors (Lipinski definition) is 2. The van der Waals surface area contributed by atoms with Crippen molar-refractivity contribution in [1.29, 1.82) is 0 Å². The van der Waals surface area contributed by atoms with E-state index in [0.29, 0.717) is 18.1 Å². The lowest BCUT2D eigenvalue weighted by molar-refractivity contribution is 0.0394. The summed E-state index contributed by atoms with van der Waals surface area (Å²) >= 11 is 0. The lowest BCUT2D eigenvalue weighted by Crippen LogP contribution is -2.39. The molecule has 7 heteroatoms. The van der Waals surface area contributed by atoms with Crippen LogP contribution in [0.15, 0.2) is 53.5 Å². The molecule has 2 aromatic carbocycles. The highest BCUT2D eigenvalue weighted by molar-refractivity contribution is 6.10. The van der Waals surface area contributed by atoms with Crippen molar-refractivity contribution >= 4 is 17.6 Å². The van der Waals surface area contributed by atoms with E-state index in [1.54, 1.807) is 7.11 Å². The summed E-state index contributed by atoms with van der Waals surface area (Å²) in [5.74, 6) is 0.995. The fourth-order valence-electron chi connectivity index (χ4n) is 3.35. The van der Waals surface area contributed by atoms with Crippen LogP contribution in [0.3, 0.4) is 0 Å². The molecule has 1 amide bonds. The average Bonchev–Trinajstić information content (AvgIpc) is 2.79. The van der Waals surface area contributed by atoms with E-state index in [1.807, 2.05) is 48.5 Å². The predicted molar refractivity (Wildman–Crippen MR) is 129 cm³/mol. The molecule has 1 heterocycles. The summed E-state index contributed by atoms with van der Waals surface area (Å²) in [5.41, 5.74) is 2.64. The Balaban J connectivity index is 1.69. The van der Waals surface area contributed by atoms with Crippen LogP contribution in [0.1, 0.15) is 36.7 Å². The third kappa shape index (κ3) is 7.07. The van der Waals surface area contributed by atoms with Gasteiger partial charge >= 0.3 is 0 Å². The maximum absolute atomic E-state index is 12.9. The lowest BCUT2D eigenvalue weighted by atomic mass is 9.87. The zero-order valence-electron chi connectivity index (χ0n) is 19.5. The Morgan fingerprint density at radius 1 is 1.06 bits per heavy atom. The molecule has 1 fully saturated rings. The minimum atomic E-state index is -0.198. The van der Waals surface area contributed by atoms with Gasteiger partial charge in [-0.05, 0) is 47.4 Å². The maximum Gasteiger partial charge on any atom is 0.257 e. The van der Waals surface area contributed by atoms with Crippen LogP contribution in [0.25, 0.3) is 0 Å². The average molecular weight is 439 g/mol. The molecular formula is C25H34N4O3. The predicted octanol–water partition coefficient (Wildman–Crippen LogP) is 3.52. The van der Waals surface area contributed by atoms with Crippen molar-refractivity contribution in [2.24, 2.45) is 4.99 Å². The first-order chi connectivity index (χ1) is 15.3. The molecule has 0 aliphatic carbocycles. The van der Waals surface area contributed by atoms with Crippen molar-refractivity contribution in [3.8, 4) is 5.75 Å². The number of benzene rings is 2. The second-order valence-electron chi connectivity index (χ2n) is 8.82. The molecule has 0 saturated carbocycles. The molecule has 0 atom stereocenters. The molecule has 1 saturated heterocycles. The number of guanidine groups is 1. The first-order valence-corrected chi connectivity index (χ1v) is 11.0. The van der Waals surface area contributed by atoms with Gasteiger partial charge in [0.15, 0.2) is 0 Å². The number of nitrogens with one attached hydrogen (secondary N) is 2. The molecule has 0 bridgehead atoms. The van der Waals surface area contributed by atoms with Crippen LogP contribution in [-0.2, 0) is 10.2 Å². The Morgan fingerprint density at radius 2 is 1.72 bits per heavy atom. The van der Waals surface area contributed by atoms with Crippen LogP contribution in [0.5, 0.6) is 5.75 Å². The van der Waals surface area contributed by atoms with Gasteiger partial charge in [-0.2, -0.15) is 0 Å². The molecule has 0 unspecified atom stereocenters. The van der Waals surface area contributed by atoms with Crippen LogP contribution >= 0.6 is 0 Å². The van der Waals surface area contributed by atoms with E-state index in [4.69, 9.17) is 9.47 Å². The number of rotatable bonds is 6. The third-order valence-electron chi connectivity index (χ3n) is 5.39. The van der Waals surface area contributed by atoms with Crippen molar-refractivity contribution in [3.63, 3.8) is 0 Å². The van der Waals surface area contributed by atoms with E-state index >= 15 is 0 Å². The van der Waals surface area contributed by atoms with Gasteiger partial charge in [-0.15, -0.1) is 0 Å². The maximum atomic E-state index is 12.9. The monoisotopic (exact) mass is 438 g/mol. The van der Waals surface area contributed by atoms with Gasteiger partial charge in [0.2, 0.25) is 5.96 Å². The highest BCUT2D eigenvalue weighted by Crippen LogP contribution is 2.22. The molecule has 3 rings (SSSR count). The molecular weight excluding hydrogens is 404 g/mol. The first-order valence-electron chi connectivity index (χ1n) is 11.0. The van der Waals surface area contributed by atoms with E-state index in [2.05, 4.69) is 41.3 Å². The second kappa shape index (κ2) is 11.1. The minimum absolute atomic E-state index is 0.0387. The Hall–Kier alpha value is -2.90. The number of hydrogen-bond acceptors (Lipinski definition) is 5. The van der Waals surface area contributed by atoms with Crippen LogP contribution in [-0.4, -0.2) is 63.3 Å². The summed E-state index contributed by atoms with van der Waals surface area (Å²) in [5, 5.41) is 6.16. The van der Waals surface area contributed by atoms with Crippen molar-refractivity contribution < 1.29 is 14.3 Å². The molecule has 32 heavy (non-hydrogen) atoms. The summed E-state index contributed by atoms with van der Waals surface area (Å²) in [6.07, 6.45) is 0. The van der Waals surface area contributed by atoms with Crippen molar-refractivity contribution in [2.45, 2.75) is 26.2 Å². The number of morpholine rings is 1. The molecule has 7 nitrogen and oxygen atoms in total. The number of ether oxygens (including phenoxy) is 2. The molecule has 172 valence electrons. The molecule has 0 spiro atoms. The van der Waals surface area contributed by atoms with E-state index in [9.17, 15) is 4.79 Å². The van der Waals surface area contributed by atoms with Crippen molar-refractivity contribution in [2.75, 3.05) is 51.8 Å². The number of carbonyl (C=O) groups is 1. The number of nitrogens with zero attached hydrogens (tertiary/aromatic N) is 2. The molecule has 1 aliphatic heterocycles. The number of amides is 1. The topological polar surface area (TPSA) is 75.2 Å². The van der Waals surface area contributed by atoms with Gasteiger partial charge < -0.3 is 14.8 Å². The lowest BCUT2D eigenvalue weighted by Gasteiger charge is -2.25. The molecule has 2 N–H and O–H groups in total. The standard InChI is InChI=1S/C25H34N4O3/c1-25(2,3)20-7-5-19(6-8-20)23(30)28-24(26-13-14-29-15-17-32-18-16-29)27-21-9-11-22(31-4)12-10-21/h5-12H,13-18H2,1-4H3,(H2,26,27,28,30). The zero-order chi connectivity index (χ0) is 23.0. The van der Waals surface area contributed by atoms with Gasteiger partial charge in [-0.25, -0.2) is 0 Å². The van der Waals surface area contributed by atoms with Gasteiger partial charge in [0, 0.05) is 30.9 Å². The van der Waals surface area contributed by atoms with Gasteiger partial charge in [-0.3, -0.25) is 20.0 Å². The van der Waals surface area contributed by atoms with Gasteiger partial charge in [0.25, 0.3) is 5.91 Å². The van der Waals surface area contributed by atoms with Crippen LogP contribution in [0.4, 0.5) is 5.69 Å². The highest BCUT2D eigenvalue weighted by atomic mass is 16.5. The normalized spacial score (nSPS) is 15.3. The van der Waals surface area contributed by atoms with Gasteiger partial charge in [0.1, 0.15) is 5.75 Å². The zero-order valence-corrected chi connectivity index (χ0v) is 19.5. The summed E-state index contributed by atoms with van der Waals surface area (Å²) in [7, 11) is 1.63. The van der Waals surface area contributed by atoms with Crippen molar-refractivity contribution in [1.82, 2.24) is 10.2 Å². The smallest absolute Gasteiger partial charge is 0.257 e. The van der Waals surface area contributed by atoms with Crippen molar-refractivity contribution in [3.05, 3.63) is 59.7 Å². The first kappa shape index (κ1) is 23.8. The number of anilines is 1. The summed E-state index contributed by atoms with van der Waals surface area (Å²) in [6.45, 7) is 11.2. The molecule has 2 aromatic rings. The number of aliphatic imine (C=N–C) groups is 1. The van der Waals surface area contributed by atoms with Crippen LogP contribution in [0, 0.1) is 0 Å².